The van der Waals surface area contributed by atoms with Crippen molar-refractivity contribution in [2.45, 2.75) is 96.2 Å². The Hall–Kier alpha value is 0.660. The van der Waals surface area contributed by atoms with Crippen LogP contribution < -0.4 is 0 Å². The highest BCUT2D eigenvalue weighted by atomic mass is 31.0. The first-order valence-electron chi connectivity index (χ1n) is 9.45. The fraction of sp³-hybridized carbons (Fsp3) is 1.00. The summed E-state index contributed by atoms with van der Waals surface area (Å²) in [7, 11) is 5.43. The number of aliphatic hydroxyl groups excluding tert-OH is 1. The second-order valence-corrected chi connectivity index (χ2v) is 11.1. The third-order valence-electron chi connectivity index (χ3n) is 4.24. The molecular weight excluding hydrogens is 370 g/mol. The van der Waals surface area contributed by atoms with E-state index in [1.807, 2.05) is 41.5 Å². The lowest BCUT2D eigenvalue weighted by Gasteiger charge is -2.33. The van der Waals surface area contributed by atoms with Crippen LogP contribution in [-0.4, -0.2) is 59.5 Å². The van der Waals surface area contributed by atoms with Crippen LogP contribution in [0.4, 0.5) is 0 Å². The topological polar surface area (TPSA) is 57.2 Å². The summed E-state index contributed by atoms with van der Waals surface area (Å²) in [6, 6.07) is 0. The molecule has 0 saturated carbocycles. The first kappa shape index (κ1) is 26.7. The SMILES string of the molecule is CCC(C)(P)OCC(C)(C)OCC(O)COC(C)(C)COC(C)(P)CC. The summed E-state index contributed by atoms with van der Waals surface area (Å²) >= 11 is 0. The summed E-state index contributed by atoms with van der Waals surface area (Å²) in [5, 5.41) is 9.68. The van der Waals surface area contributed by atoms with E-state index in [1.165, 1.54) is 0 Å². The Kier molecular flexibility index (Phi) is 11.3. The summed E-state index contributed by atoms with van der Waals surface area (Å²) in [5.74, 6) is 0. The molecule has 0 aromatic heterocycles. The summed E-state index contributed by atoms with van der Waals surface area (Å²) in [6.45, 7) is 17.3. The molecule has 4 unspecified atom stereocenters. The van der Waals surface area contributed by atoms with E-state index in [9.17, 15) is 5.11 Å². The van der Waals surface area contributed by atoms with E-state index in [-0.39, 0.29) is 23.9 Å². The van der Waals surface area contributed by atoms with Crippen molar-refractivity contribution in [1.29, 1.82) is 0 Å². The van der Waals surface area contributed by atoms with Crippen LogP contribution in [-0.2, 0) is 18.9 Å². The van der Waals surface area contributed by atoms with Crippen LogP contribution in [0.5, 0.6) is 0 Å². The molecule has 5 nitrogen and oxygen atoms in total. The monoisotopic (exact) mass is 412 g/mol. The van der Waals surface area contributed by atoms with Gasteiger partial charge in [0.2, 0.25) is 0 Å². The zero-order chi connectivity index (χ0) is 20.6. The Labute approximate surface area is 165 Å². The fourth-order valence-corrected chi connectivity index (χ4v) is 1.82. The van der Waals surface area contributed by atoms with Crippen molar-refractivity contribution in [3.63, 3.8) is 0 Å². The molecule has 0 rings (SSSR count). The van der Waals surface area contributed by atoms with Crippen LogP contribution in [0.1, 0.15) is 68.2 Å². The minimum absolute atomic E-state index is 0.198. The highest BCUT2D eigenvalue weighted by Gasteiger charge is 2.27. The largest absolute Gasteiger partial charge is 0.388 e. The van der Waals surface area contributed by atoms with E-state index in [2.05, 4.69) is 32.3 Å². The van der Waals surface area contributed by atoms with E-state index < -0.39 is 17.3 Å². The molecule has 0 radical (unpaired) electrons. The van der Waals surface area contributed by atoms with Crippen LogP contribution >= 0.6 is 18.5 Å². The highest BCUT2D eigenvalue weighted by molar-refractivity contribution is 7.18. The van der Waals surface area contributed by atoms with Gasteiger partial charge < -0.3 is 24.1 Å². The first-order chi connectivity index (χ1) is 11.6. The summed E-state index contributed by atoms with van der Waals surface area (Å²) < 4.78 is 23.4. The molecule has 158 valence electrons. The van der Waals surface area contributed by atoms with Gasteiger partial charge in [-0.3, -0.25) is 0 Å². The lowest BCUT2D eigenvalue weighted by Crippen LogP contribution is -2.40. The standard InChI is InChI=1S/C19H42O5P2/c1-9-18(7,25)23-13-16(3,4)21-11-15(20)12-22-17(5,6)14-24-19(8,26)10-2/h15,20H,9-14,25-26H2,1-8H3. The summed E-state index contributed by atoms with van der Waals surface area (Å²) in [4.78, 5) is 0. The second kappa shape index (κ2) is 11.0. The Bertz CT molecular complexity index is 361. The van der Waals surface area contributed by atoms with Gasteiger partial charge in [-0.15, -0.1) is 18.5 Å². The molecule has 0 amide bonds. The predicted molar refractivity (Wildman–Crippen MR) is 115 cm³/mol. The second-order valence-electron chi connectivity index (χ2n) is 8.71. The Balaban J connectivity index is 4.22. The Morgan fingerprint density at radius 1 is 0.692 bits per heavy atom. The van der Waals surface area contributed by atoms with Crippen LogP contribution in [0.15, 0.2) is 0 Å². The minimum Gasteiger partial charge on any atom is -0.388 e. The molecule has 0 saturated heterocycles. The van der Waals surface area contributed by atoms with E-state index >= 15 is 0 Å². The van der Waals surface area contributed by atoms with Gasteiger partial charge in [-0.25, -0.2) is 0 Å². The molecule has 7 heteroatoms. The lowest BCUT2D eigenvalue weighted by atomic mass is 10.1. The molecule has 0 spiro atoms. The van der Waals surface area contributed by atoms with Gasteiger partial charge in [0.25, 0.3) is 0 Å². The van der Waals surface area contributed by atoms with Gasteiger partial charge in [0.15, 0.2) is 0 Å². The van der Waals surface area contributed by atoms with Crippen molar-refractivity contribution < 1.29 is 24.1 Å². The molecule has 0 fully saturated rings. The van der Waals surface area contributed by atoms with Crippen molar-refractivity contribution in [3.8, 4) is 0 Å². The first-order valence-corrected chi connectivity index (χ1v) is 10.6. The van der Waals surface area contributed by atoms with Crippen molar-refractivity contribution in [1.82, 2.24) is 0 Å². The molecule has 0 bridgehead atoms. The normalized spacial score (nSPS) is 19.0. The molecule has 4 atom stereocenters. The molecule has 1 N–H and O–H groups in total. The quantitative estimate of drug-likeness (QED) is 0.438. The van der Waals surface area contributed by atoms with E-state index in [0.717, 1.165) is 12.8 Å². The number of rotatable bonds is 14. The van der Waals surface area contributed by atoms with E-state index in [0.29, 0.717) is 13.2 Å². The molecular formula is C19H42O5P2. The van der Waals surface area contributed by atoms with Crippen molar-refractivity contribution >= 4 is 18.5 Å². The minimum atomic E-state index is -0.698. The summed E-state index contributed by atoms with van der Waals surface area (Å²) in [6.07, 6.45) is 1.10. The van der Waals surface area contributed by atoms with Crippen LogP contribution in [0.3, 0.4) is 0 Å². The number of aliphatic hydroxyl groups is 1. The highest BCUT2D eigenvalue weighted by Crippen LogP contribution is 2.26. The number of hydrogen-bond donors (Lipinski definition) is 1. The van der Waals surface area contributed by atoms with Crippen molar-refractivity contribution in [3.05, 3.63) is 0 Å². The maximum absolute atomic E-state index is 10.2. The van der Waals surface area contributed by atoms with Gasteiger partial charge in [0.1, 0.15) is 6.10 Å². The maximum Gasteiger partial charge on any atom is 0.101 e. The van der Waals surface area contributed by atoms with Gasteiger partial charge in [0, 0.05) is 0 Å². The summed E-state index contributed by atoms with van der Waals surface area (Å²) in [5.41, 5.74) is -0.954. The lowest BCUT2D eigenvalue weighted by molar-refractivity contribution is -0.148. The molecule has 0 aliphatic heterocycles. The van der Waals surface area contributed by atoms with Gasteiger partial charge in [0.05, 0.1) is 48.3 Å². The van der Waals surface area contributed by atoms with Crippen LogP contribution in [0.25, 0.3) is 0 Å². The molecule has 0 aromatic carbocycles. The third kappa shape index (κ3) is 12.9. The zero-order valence-corrected chi connectivity index (χ0v) is 20.4. The molecule has 0 aliphatic carbocycles. The smallest absolute Gasteiger partial charge is 0.101 e. The Morgan fingerprint density at radius 2 is 1.00 bits per heavy atom. The van der Waals surface area contributed by atoms with Crippen LogP contribution in [0.2, 0.25) is 0 Å². The van der Waals surface area contributed by atoms with Gasteiger partial charge in [-0.2, -0.15) is 0 Å². The van der Waals surface area contributed by atoms with Gasteiger partial charge >= 0.3 is 0 Å². The average Bonchev–Trinajstić information content (AvgIpc) is 2.55. The molecule has 0 aromatic rings. The molecule has 0 aliphatic rings. The number of hydrogen-bond acceptors (Lipinski definition) is 5. The van der Waals surface area contributed by atoms with Crippen molar-refractivity contribution in [2.75, 3.05) is 26.4 Å². The molecule has 26 heavy (non-hydrogen) atoms. The predicted octanol–water partition coefficient (Wildman–Crippen LogP) is 3.97. The fourth-order valence-electron chi connectivity index (χ4n) is 1.66. The van der Waals surface area contributed by atoms with Gasteiger partial charge in [-0.1, -0.05) is 13.8 Å². The third-order valence-corrected chi connectivity index (χ3v) is 5.39. The zero-order valence-electron chi connectivity index (χ0n) is 18.1. The average molecular weight is 412 g/mol. The van der Waals surface area contributed by atoms with Crippen LogP contribution in [0, 0.1) is 0 Å². The van der Waals surface area contributed by atoms with Gasteiger partial charge in [-0.05, 0) is 54.4 Å². The maximum atomic E-state index is 10.2. The van der Waals surface area contributed by atoms with E-state index in [4.69, 9.17) is 18.9 Å². The number of ether oxygens (including phenoxy) is 4. The van der Waals surface area contributed by atoms with Crippen molar-refractivity contribution in [2.24, 2.45) is 0 Å². The van der Waals surface area contributed by atoms with E-state index in [1.54, 1.807) is 0 Å². The Morgan fingerprint density at radius 3 is 1.27 bits per heavy atom. The molecule has 0 heterocycles.